The van der Waals surface area contributed by atoms with Gasteiger partial charge in [-0.1, -0.05) is 12.1 Å². The number of carbonyl (C=O) groups is 1. The number of halogens is 1. The Morgan fingerprint density at radius 1 is 1.36 bits per heavy atom. The Hall–Kier alpha value is -2.15. The maximum atomic E-state index is 12.5. The van der Waals surface area contributed by atoms with E-state index in [0.29, 0.717) is 5.95 Å². The van der Waals surface area contributed by atoms with E-state index in [1.165, 1.54) is 0 Å². The topological polar surface area (TPSA) is 64.7 Å². The molecule has 2 aromatic heterocycles. The molecular weight excluding hydrogens is 346 g/mol. The van der Waals surface area contributed by atoms with E-state index < -0.39 is 6.04 Å². The maximum Gasteiger partial charge on any atom is 0.251 e. The van der Waals surface area contributed by atoms with Crippen LogP contribution in [0.2, 0.25) is 0 Å². The van der Waals surface area contributed by atoms with Gasteiger partial charge in [-0.15, -0.1) is 0 Å². The highest BCUT2D eigenvalue weighted by atomic mass is 79.9. The van der Waals surface area contributed by atoms with Crippen LogP contribution < -0.4 is 5.32 Å². The molecule has 0 saturated heterocycles. The summed E-state index contributed by atoms with van der Waals surface area (Å²) in [5.41, 5.74) is 2.74. The first-order valence-electron chi connectivity index (χ1n) is 6.91. The van der Waals surface area contributed by atoms with Gasteiger partial charge in [0.15, 0.2) is 0 Å². The number of aryl methyl sites for hydroxylation is 1. The zero-order chi connectivity index (χ0) is 15.9. The number of benzene rings is 1. The van der Waals surface area contributed by atoms with Crippen molar-refractivity contribution in [2.45, 2.75) is 19.9 Å². The van der Waals surface area contributed by atoms with Crippen molar-refractivity contribution < 1.29 is 4.79 Å². The molecule has 3 aromatic rings. The van der Waals surface area contributed by atoms with E-state index >= 15 is 0 Å². The quantitative estimate of drug-likeness (QED) is 0.779. The van der Waals surface area contributed by atoms with Crippen molar-refractivity contribution in [3.63, 3.8) is 0 Å². The fraction of sp³-hybridized carbons (Fsp3) is 0.267. The standard InChI is InChI=1S/C15H16BrN5O/c1-9-11(16)8-17-21(9)10(2)14(22)19-15-18-12-6-4-5-7-13(12)20(15)3/h4-8,10H,1-3H3,(H,18,19,22). The first-order chi connectivity index (χ1) is 10.5. The average Bonchev–Trinajstić information content (AvgIpc) is 3.00. The number of hydrogen-bond donors (Lipinski definition) is 1. The first kappa shape index (κ1) is 14.8. The van der Waals surface area contributed by atoms with Crippen LogP contribution in [0.15, 0.2) is 34.9 Å². The van der Waals surface area contributed by atoms with Crippen LogP contribution in [-0.2, 0) is 11.8 Å². The fourth-order valence-electron chi connectivity index (χ4n) is 2.38. The van der Waals surface area contributed by atoms with Crippen molar-refractivity contribution in [1.82, 2.24) is 19.3 Å². The molecular formula is C15H16BrN5O. The molecule has 0 aliphatic heterocycles. The van der Waals surface area contributed by atoms with E-state index in [4.69, 9.17) is 0 Å². The van der Waals surface area contributed by atoms with Crippen LogP contribution in [0, 0.1) is 6.92 Å². The van der Waals surface area contributed by atoms with Gasteiger partial charge < -0.3 is 4.57 Å². The van der Waals surface area contributed by atoms with Gasteiger partial charge in [-0.3, -0.25) is 14.8 Å². The molecule has 1 unspecified atom stereocenters. The molecule has 3 rings (SSSR count). The zero-order valence-corrected chi connectivity index (χ0v) is 14.1. The van der Waals surface area contributed by atoms with Gasteiger partial charge in [0.1, 0.15) is 6.04 Å². The number of fused-ring (bicyclic) bond motifs is 1. The third-order valence-electron chi connectivity index (χ3n) is 3.75. The third kappa shape index (κ3) is 2.41. The monoisotopic (exact) mass is 361 g/mol. The largest absolute Gasteiger partial charge is 0.313 e. The molecule has 0 aliphatic carbocycles. The second-order valence-corrected chi connectivity index (χ2v) is 6.03. The summed E-state index contributed by atoms with van der Waals surface area (Å²) in [6, 6.07) is 7.34. The molecule has 1 aromatic carbocycles. The Morgan fingerprint density at radius 3 is 2.73 bits per heavy atom. The van der Waals surface area contributed by atoms with Gasteiger partial charge in [-0.05, 0) is 41.9 Å². The fourth-order valence-corrected chi connectivity index (χ4v) is 2.65. The summed E-state index contributed by atoms with van der Waals surface area (Å²) in [6.07, 6.45) is 1.69. The number of hydrogen-bond acceptors (Lipinski definition) is 3. The Morgan fingerprint density at radius 2 is 2.09 bits per heavy atom. The summed E-state index contributed by atoms with van der Waals surface area (Å²) in [4.78, 5) is 16.9. The zero-order valence-electron chi connectivity index (χ0n) is 12.5. The van der Waals surface area contributed by atoms with Gasteiger partial charge in [-0.2, -0.15) is 5.10 Å². The molecule has 7 heteroatoms. The number of imidazole rings is 1. The third-order valence-corrected chi connectivity index (χ3v) is 4.53. The van der Waals surface area contributed by atoms with Crippen LogP contribution >= 0.6 is 15.9 Å². The Bertz CT molecular complexity index is 851. The van der Waals surface area contributed by atoms with Crippen molar-refractivity contribution in [3.05, 3.63) is 40.6 Å². The van der Waals surface area contributed by atoms with Crippen LogP contribution in [0.25, 0.3) is 11.0 Å². The van der Waals surface area contributed by atoms with Gasteiger partial charge in [0.05, 0.1) is 27.4 Å². The number of nitrogens with zero attached hydrogens (tertiary/aromatic N) is 4. The molecule has 0 radical (unpaired) electrons. The molecule has 1 N–H and O–H groups in total. The van der Waals surface area contributed by atoms with Crippen LogP contribution in [-0.4, -0.2) is 25.2 Å². The maximum absolute atomic E-state index is 12.5. The van der Waals surface area contributed by atoms with Gasteiger partial charge >= 0.3 is 0 Å². The molecule has 0 aliphatic rings. The summed E-state index contributed by atoms with van der Waals surface area (Å²) in [5.74, 6) is 0.374. The van der Waals surface area contributed by atoms with Gasteiger partial charge in [-0.25, -0.2) is 4.98 Å². The van der Waals surface area contributed by atoms with Crippen molar-refractivity contribution >= 4 is 38.8 Å². The lowest BCUT2D eigenvalue weighted by Gasteiger charge is -2.14. The van der Waals surface area contributed by atoms with Crippen molar-refractivity contribution in [3.8, 4) is 0 Å². The smallest absolute Gasteiger partial charge is 0.251 e. The predicted octanol–water partition coefficient (Wildman–Crippen LogP) is 3.04. The number of rotatable bonds is 3. The Balaban J connectivity index is 1.86. The molecule has 0 saturated carbocycles. The lowest BCUT2D eigenvalue weighted by atomic mass is 10.3. The molecule has 1 atom stereocenters. The highest BCUT2D eigenvalue weighted by Gasteiger charge is 2.20. The number of amides is 1. The molecule has 0 bridgehead atoms. The van der Waals surface area contributed by atoms with E-state index in [9.17, 15) is 4.79 Å². The number of carbonyl (C=O) groups excluding carboxylic acids is 1. The predicted molar refractivity (Wildman–Crippen MR) is 88.7 cm³/mol. The molecule has 0 fully saturated rings. The second-order valence-electron chi connectivity index (χ2n) is 5.17. The summed E-state index contributed by atoms with van der Waals surface area (Å²) in [5, 5.41) is 7.10. The highest BCUT2D eigenvalue weighted by molar-refractivity contribution is 9.10. The summed E-state index contributed by atoms with van der Waals surface area (Å²) in [7, 11) is 1.88. The van der Waals surface area contributed by atoms with E-state index in [1.807, 2.05) is 49.7 Å². The van der Waals surface area contributed by atoms with Crippen molar-refractivity contribution in [2.75, 3.05) is 5.32 Å². The van der Waals surface area contributed by atoms with Crippen LogP contribution in [0.4, 0.5) is 5.95 Å². The van der Waals surface area contributed by atoms with E-state index in [-0.39, 0.29) is 5.91 Å². The Kier molecular flexibility index (Phi) is 3.74. The lowest BCUT2D eigenvalue weighted by molar-refractivity contribution is -0.119. The minimum atomic E-state index is -0.425. The highest BCUT2D eigenvalue weighted by Crippen LogP contribution is 2.21. The van der Waals surface area contributed by atoms with E-state index in [0.717, 1.165) is 21.2 Å². The number of aromatic nitrogens is 4. The van der Waals surface area contributed by atoms with E-state index in [1.54, 1.807) is 10.9 Å². The van der Waals surface area contributed by atoms with Crippen LogP contribution in [0.1, 0.15) is 18.7 Å². The average molecular weight is 362 g/mol. The molecule has 114 valence electrons. The number of nitrogens with one attached hydrogen (secondary N) is 1. The Labute approximate surface area is 136 Å². The summed E-state index contributed by atoms with van der Waals surface area (Å²) < 4.78 is 4.43. The summed E-state index contributed by atoms with van der Waals surface area (Å²) >= 11 is 3.40. The molecule has 0 spiro atoms. The molecule has 22 heavy (non-hydrogen) atoms. The van der Waals surface area contributed by atoms with Crippen LogP contribution in [0.3, 0.4) is 0 Å². The second kappa shape index (κ2) is 5.57. The van der Waals surface area contributed by atoms with Gasteiger partial charge in [0.25, 0.3) is 5.91 Å². The van der Waals surface area contributed by atoms with Gasteiger partial charge in [0.2, 0.25) is 5.95 Å². The van der Waals surface area contributed by atoms with Crippen LogP contribution in [0.5, 0.6) is 0 Å². The molecule has 2 heterocycles. The molecule has 6 nitrogen and oxygen atoms in total. The normalized spacial score (nSPS) is 12.5. The SMILES string of the molecule is Cc1c(Br)cnn1C(C)C(=O)Nc1nc2ccccc2n1C. The number of para-hydroxylation sites is 2. The van der Waals surface area contributed by atoms with E-state index in [2.05, 4.69) is 31.3 Å². The number of anilines is 1. The first-order valence-corrected chi connectivity index (χ1v) is 7.70. The van der Waals surface area contributed by atoms with Crippen molar-refractivity contribution in [1.29, 1.82) is 0 Å². The lowest BCUT2D eigenvalue weighted by Crippen LogP contribution is -2.26. The minimum absolute atomic E-state index is 0.155. The van der Waals surface area contributed by atoms with Gasteiger partial charge in [0, 0.05) is 7.05 Å². The summed E-state index contributed by atoms with van der Waals surface area (Å²) in [6.45, 7) is 3.72. The minimum Gasteiger partial charge on any atom is -0.313 e. The molecule has 1 amide bonds. The van der Waals surface area contributed by atoms with Crippen molar-refractivity contribution in [2.24, 2.45) is 7.05 Å².